The van der Waals surface area contributed by atoms with Gasteiger partial charge in [0, 0.05) is 37.1 Å². The minimum absolute atomic E-state index is 0.0452. The van der Waals surface area contributed by atoms with Crippen LogP contribution in [0.3, 0.4) is 0 Å². The third-order valence-corrected chi connectivity index (χ3v) is 10.6. The number of nitriles is 1. The van der Waals surface area contributed by atoms with E-state index in [9.17, 15) is 10.1 Å². The third-order valence-electron chi connectivity index (χ3n) is 9.41. The van der Waals surface area contributed by atoms with Crippen LogP contribution in [0.15, 0.2) is 0 Å². The summed E-state index contributed by atoms with van der Waals surface area (Å²) in [5, 5.41) is 13.7. The highest BCUT2D eigenvalue weighted by molar-refractivity contribution is 7.16. The molecule has 1 aliphatic heterocycles. The summed E-state index contributed by atoms with van der Waals surface area (Å²) >= 11 is 1.65. The van der Waals surface area contributed by atoms with Gasteiger partial charge in [0.15, 0.2) is 0 Å². The van der Waals surface area contributed by atoms with E-state index in [0.717, 1.165) is 85.7 Å². The summed E-state index contributed by atoms with van der Waals surface area (Å²) in [4.78, 5) is 19.3. The lowest BCUT2D eigenvalue weighted by atomic mass is 9.54. The molecule has 6 heteroatoms. The van der Waals surface area contributed by atoms with Gasteiger partial charge in [-0.15, -0.1) is 11.3 Å². The molecule has 0 unspecified atom stereocenters. The van der Waals surface area contributed by atoms with Crippen LogP contribution in [0, 0.1) is 35.0 Å². The molecule has 0 atom stereocenters. The number of nitrogens with one attached hydrogen (secondary N) is 1. The number of carbonyl (C=O) groups excluding carboxylic acids is 1. The highest BCUT2D eigenvalue weighted by atomic mass is 32.1. The van der Waals surface area contributed by atoms with Crippen molar-refractivity contribution >= 4 is 22.2 Å². The van der Waals surface area contributed by atoms with E-state index >= 15 is 0 Å². The summed E-state index contributed by atoms with van der Waals surface area (Å²) in [5.74, 6) is 3.99. The molecule has 1 amide bonds. The molecule has 33 heavy (non-hydrogen) atoms. The van der Waals surface area contributed by atoms with Crippen LogP contribution in [0.5, 0.6) is 0 Å². The molecule has 5 nitrogen and oxygen atoms in total. The zero-order valence-corrected chi connectivity index (χ0v) is 20.7. The Bertz CT molecular complexity index is 897. The van der Waals surface area contributed by atoms with Crippen LogP contribution in [0.2, 0.25) is 0 Å². The van der Waals surface area contributed by atoms with Crippen molar-refractivity contribution in [2.24, 2.45) is 23.7 Å². The second-order valence-electron chi connectivity index (χ2n) is 11.5. The van der Waals surface area contributed by atoms with Crippen molar-refractivity contribution in [2.45, 2.75) is 76.7 Å². The maximum absolute atomic E-state index is 12.9. The molecule has 4 saturated carbocycles. The van der Waals surface area contributed by atoms with Crippen LogP contribution in [0.1, 0.15) is 73.8 Å². The van der Waals surface area contributed by atoms with Crippen molar-refractivity contribution in [3.05, 3.63) is 16.0 Å². The van der Waals surface area contributed by atoms with Crippen molar-refractivity contribution < 1.29 is 4.79 Å². The van der Waals surface area contributed by atoms with Crippen molar-refractivity contribution in [3.63, 3.8) is 0 Å². The minimum Gasteiger partial charge on any atom is -0.315 e. The summed E-state index contributed by atoms with van der Waals surface area (Å²) in [5.41, 5.74) is 1.94. The maximum atomic E-state index is 12.9. The third kappa shape index (κ3) is 4.37. The van der Waals surface area contributed by atoms with E-state index in [-0.39, 0.29) is 5.91 Å². The van der Waals surface area contributed by atoms with E-state index < -0.39 is 0 Å². The number of thiophene rings is 1. The van der Waals surface area contributed by atoms with Crippen molar-refractivity contribution in [2.75, 3.05) is 38.0 Å². The van der Waals surface area contributed by atoms with Gasteiger partial charge in [-0.2, -0.15) is 5.26 Å². The van der Waals surface area contributed by atoms with Gasteiger partial charge in [0.1, 0.15) is 11.1 Å². The standard InChI is InChI=1S/C27H38N4OS/c28-16-23-22-5-3-1-2-4-6-24(22)33-27(23)29-25(32)17-30-7-9-31(10-8-30)26-20-12-18-11-19(14-20)15-21(26)13-18/h18-21,26H,1-15,17H2,(H,29,32). The number of hydrogen-bond acceptors (Lipinski definition) is 5. The van der Waals surface area contributed by atoms with E-state index in [1.165, 1.54) is 61.8 Å². The average Bonchev–Trinajstić information content (AvgIpc) is 3.09. The van der Waals surface area contributed by atoms with Gasteiger partial charge in [0.2, 0.25) is 5.91 Å². The number of aryl methyl sites for hydroxylation is 1. The van der Waals surface area contributed by atoms with E-state index in [1.807, 2.05) is 0 Å². The Hall–Kier alpha value is -1.42. The first kappa shape index (κ1) is 22.1. The predicted molar refractivity (Wildman–Crippen MR) is 132 cm³/mol. The van der Waals surface area contributed by atoms with Crippen LogP contribution in [-0.4, -0.2) is 54.5 Å². The van der Waals surface area contributed by atoms with E-state index in [2.05, 4.69) is 21.2 Å². The van der Waals surface area contributed by atoms with Gasteiger partial charge in [0.05, 0.1) is 12.1 Å². The maximum Gasteiger partial charge on any atom is 0.239 e. The molecule has 1 aromatic rings. The number of hydrogen-bond donors (Lipinski definition) is 1. The van der Waals surface area contributed by atoms with E-state index in [4.69, 9.17) is 0 Å². The topological polar surface area (TPSA) is 59.4 Å². The average molecular weight is 467 g/mol. The molecular weight excluding hydrogens is 428 g/mol. The largest absolute Gasteiger partial charge is 0.315 e. The molecule has 6 aliphatic rings. The molecular formula is C27H38N4OS. The summed E-state index contributed by atoms with van der Waals surface area (Å²) in [7, 11) is 0. The summed E-state index contributed by atoms with van der Waals surface area (Å²) in [6.07, 6.45) is 14.3. The van der Waals surface area contributed by atoms with E-state index in [0.29, 0.717) is 6.54 Å². The Balaban J connectivity index is 1.04. The zero-order chi connectivity index (χ0) is 22.4. The number of piperazine rings is 1. The molecule has 2 heterocycles. The molecule has 0 aromatic carbocycles. The van der Waals surface area contributed by atoms with Crippen LogP contribution < -0.4 is 5.32 Å². The fraction of sp³-hybridized carbons (Fsp3) is 0.778. The Kier molecular flexibility index (Phi) is 6.23. The van der Waals surface area contributed by atoms with E-state index in [1.54, 1.807) is 11.3 Å². The number of rotatable bonds is 4. The first-order chi connectivity index (χ1) is 16.2. The second-order valence-corrected chi connectivity index (χ2v) is 12.6. The normalized spacial score (nSPS) is 34.3. The monoisotopic (exact) mass is 466 g/mol. The molecule has 5 aliphatic carbocycles. The molecule has 0 spiro atoms. The molecule has 1 saturated heterocycles. The number of fused-ring (bicyclic) bond motifs is 1. The minimum atomic E-state index is 0.0452. The zero-order valence-electron chi connectivity index (χ0n) is 19.9. The molecule has 178 valence electrons. The SMILES string of the molecule is N#Cc1c(NC(=O)CN2CCN(C3C4CC5CC(C4)CC3C5)CC2)sc2c1CCCCCC2. The number of carbonyl (C=O) groups is 1. The first-order valence-electron chi connectivity index (χ1n) is 13.5. The van der Waals surface area contributed by atoms with Crippen LogP contribution in [0.4, 0.5) is 5.00 Å². The Morgan fingerprint density at radius 2 is 1.61 bits per heavy atom. The van der Waals surface area contributed by atoms with Gasteiger partial charge in [-0.3, -0.25) is 14.6 Å². The Labute approximate surface area is 202 Å². The molecule has 0 radical (unpaired) electrons. The lowest BCUT2D eigenvalue weighted by molar-refractivity contribution is -0.118. The number of amides is 1. The predicted octanol–water partition coefficient (Wildman–Crippen LogP) is 4.66. The van der Waals surface area contributed by atoms with Gasteiger partial charge >= 0.3 is 0 Å². The molecule has 7 rings (SSSR count). The highest BCUT2D eigenvalue weighted by Gasteiger charge is 2.50. The lowest BCUT2D eigenvalue weighted by Crippen LogP contribution is -2.60. The summed E-state index contributed by atoms with van der Waals surface area (Å²) in [6.45, 7) is 4.64. The van der Waals surface area contributed by atoms with Gasteiger partial charge in [-0.1, -0.05) is 12.8 Å². The first-order valence-corrected chi connectivity index (χ1v) is 14.3. The number of anilines is 1. The summed E-state index contributed by atoms with van der Waals surface area (Å²) < 4.78 is 0. The molecule has 1 N–H and O–H groups in total. The van der Waals surface area contributed by atoms with Crippen LogP contribution >= 0.6 is 11.3 Å². The van der Waals surface area contributed by atoms with Crippen molar-refractivity contribution in [1.29, 1.82) is 5.26 Å². The van der Waals surface area contributed by atoms with Gasteiger partial charge < -0.3 is 5.32 Å². The van der Waals surface area contributed by atoms with Gasteiger partial charge in [-0.05, 0) is 87.0 Å². The fourth-order valence-corrected chi connectivity index (χ4v) is 9.46. The summed E-state index contributed by atoms with van der Waals surface area (Å²) in [6, 6.07) is 3.22. The van der Waals surface area contributed by atoms with Crippen LogP contribution in [-0.2, 0) is 17.6 Å². The molecule has 1 aromatic heterocycles. The Morgan fingerprint density at radius 1 is 0.939 bits per heavy atom. The fourth-order valence-electron chi connectivity index (χ4n) is 8.21. The molecule has 4 bridgehead atoms. The van der Waals surface area contributed by atoms with Crippen LogP contribution in [0.25, 0.3) is 0 Å². The van der Waals surface area contributed by atoms with Crippen molar-refractivity contribution in [1.82, 2.24) is 9.80 Å². The number of nitrogens with zero attached hydrogens (tertiary/aromatic N) is 3. The lowest BCUT2D eigenvalue weighted by Gasteiger charge is -2.58. The highest BCUT2D eigenvalue weighted by Crippen LogP contribution is 2.55. The van der Waals surface area contributed by atoms with Crippen molar-refractivity contribution in [3.8, 4) is 6.07 Å². The smallest absolute Gasteiger partial charge is 0.239 e. The quantitative estimate of drug-likeness (QED) is 0.701. The molecule has 5 fully saturated rings. The van der Waals surface area contributed by atoms with Gasteiger partial charge in [0.25, 0.3) is 0 Å². The second kappa shape index (κ2) is 9.32. The van der Waals surface area contributed by atoms with Gasteiger partial charge in [-0.25, -0.2) is 0 Å². The Morgan fingerprint density at radius 3 is 2.27 bits per heavy atom.